The number of hydrogen-bond acceptors (Lipinski definition) is 4. The fourth-order valence-corrected chi connectivity index (χ4v) is 8.16. The van der Waals surface area contributed by atoms with Gasteiger partial charge in [-0.1, -0.05) is 25.5 Å². The van der Waals surface area contributed by atoms with Gasteiger partial charge < -0.3 is 9.84 Å². The average molecular weight is 372 g/mol. The Kier molecular flexibility index (Phi) is 3.62. The molecule has 4 aliphatic carbocycles. The molecule has 148 valence electrons. The maximum Gasteiger partial charge on any atom is 0.181 e. The van der Waals surface area contributed by atoms with Crippen molar-refractivity contribution in [3.63, 3.8) is 0 Å². The molecule has 0 aromatic carbocycles. The van der Waals surface area contributed by atoms with Crippen LogP contribution in [0.2, 0.25) is 0 Å². The van der Waals surface area contributed by atoms with Crippen molar-refractivity contribution in [3.05, 3.63) is 11.6 Å². The molecule has 0 bridgehead atoms. The summed E-state index contributed by atoms with van der Waals surface area (Å²) >= 11 is 0. The van der Waals surface area contributed by atoms with Gasteiger partial charge in [0.2, 0.25) is 0 Å². The van der Waals surface area contributed by atoms with E-state index in [-0.39, 0.29) is 28.8 Å². The summed E-state index contributed by atoms with van der Waals surface area (Å²) < 4.78 is 6.11. The average Bonchev–Trinajstić information content (AvgIpc) is 3.06. The molecular weight excluding hydrogens is 338 g/mol. The number of carbonyl (C=O) groups excluding carboxylic acids is 1. The number of Topliss-reactive ketones (excluding diaryl/α,β-unsaturated/α-hetero) is 1. The van der Waals surface area contributed by atoms with Crippen LogP contribution in [0, 0.1) is 28.6 Å². The Bertz CT molecular complexity index is 757. The van der Waals surface area contributed by atoms with Gasteiger partial charge in [-0.25, -0.2) is 4.99 Å². The second-order valence-corrected chi connectivity index (χ2v) is 10.4. The van der Waals surface area contributed by atoms with Gasteiger partial charge in [-0.05, 0) is 75.0 Å². The SMILES string of the molecule is CC(=O)C12N=C(C)OC1CC1C3CC=C4CC(O)CCC4(C)C3CCC12C. The fourth-order valence-electron chi connectivity index (χ4n) is 8.16. The van der Waals surface area contributed by atoms with Crippen molar-refractivity contribution < 1.29 is 14.6 Å². The number of hydrogen-bond donors (Lipinski definition) is 1. The van der Waals surface area contributed by atoms with E-state index >= 15 is 0 Å². The molecule has 4 nitrogen and oxygen atoms in total. The second kappa shape index (κ2) is 5.46. The van der Waals surface area contributed by atoms with Gasteiger partial charge in [-0.2, -0.15) is 0 Å². The summed E-state index contributed by atoms with van der Waals surface area (Å²) in [6, 6.07) is 0. The Morgan fingerprint density at radius 1 is 1.26 bits per heavy atom. The number of ketones is 1. The molecule has 1 heterocycles. The molecule has 3 fully saturated rings. The Morgan fingerprint density at radius 2 is 2.04 bits per heavy atom. The van der Waals surface area contributed by atoms with E-state index in [0.717, 1.165) is 44.9 Å². The molecule has 0 spiro atoms. The van der Waals surface area contributed by atoms with E-state index in [2.05, 4.69) is 19.9 Å². The van der Waals surface area contributed by atoms with E-state index in [9.17, 15) is 9.90 Å². The molecule has 0 aromatic heterocycles. The van der Waals surface area contributed by atoms with E-state index in [4.69, 9.17) is 9.73 Å². The van der Waals surface area contributed by atoms with E-state index < -0.39 is 5.54 Å². The minimum Gasteiger partial charge on any atom is -0.475 e. The third-order valence-electron chi connectivity index (χ3n) is 9.46. The first-order valence-corrected chi connectivity index (χ1v) is 10.8. The van der Waals surface area contributed by atoms with Crippen LogP contribution >= 0.6 is 0 Å². The van der Waals surface area contributed by atoms with Crippen LogP contribution in [0.15, 0.2) is 16.6 Å². The summed E-state index contributed by atoms with van der Waals surface area (Å²) in [6.07, 6.45) is 9.35. The smallest absolute Gasteiger partial charge is 0.181 e. The number of ether oxygens (including phenoxy) is 1. The molecule has 8 atom stereocenters. The first-order valence-electron chi connectivity index (χ1n) is 10.8. The summed E-state index contributed by atoms with van der Waals surface area (Å²) in [6.45, 7) is 8.39. The van der Waals surface area contributed by atoms with Gasteiger partial charge >= 0.3 is 0 Å². The molecule has 8 unspecified atom stereocenters. The minimum absolute atomic E-state index is 0.0740. The van der Waals surface area contributed by atoms with Gasteiger partial charge in [-0.3, -0.25) is 4.79 Å². The maximum absolute atomic E-state index is 12.9. The van der Waals surface area contributed by atoms with E-state index in [1.54, 1.807) is 6.92 Å². The third-order valence-corrected chi connectivity index (χ3v) is 9.46. The van der Waals surface area contributed by atoms with Crippen LogP contribution in [-0.4, -0.2) is 34.5 Å². The first-order chi connectivity index (χ1) is 12.7. The van der Waals surface area contributed by atoms with Crippen LogP contribution in [0.25, 0.3) is 0 Å². The maximum atomic E-state index is 12.9. The van der Waals surface area contributed by atoms with E-state index in [1.807, 2.05) is 6.92 Å². The lowest BCUT2D eigenvalue weighted by Crippen LogP contribution is -2.57. The lowest BCUT2D eigenvalue weighted by atomic mass is 9.46. The normalized spacial score (nSPS) is 53.3. The number of aliphatic hydroxyl groups is 1. The zero-order valence-corrected chi connectivity index (χ0v) is 17.1. The van der Waals surface area contributed by atoms with E-state index in [0.29, 0.717) is 23.7 Å². The highest BCUT2D eigenvalue weighted by atomic mass is 16.5. The molecule has 0 radical (unpaired) electrons. The zero-order chi connectivity index (χ0) is 19.2. The van der Waals surface area contributed by atoms with Crippen molar-refractivity contribution in [1.29, 1.82) is 0 Å². The van der Waals surface area contributed by atoms with Crippen LogP contribution in [0.4, 0.5) is 0 Å². The third kappa shape index (κ3) is 2.03. The van der Waals surface area contributed by atoms with Gasteiger partial charge in [0.1, 0.15) is 6.10 Å². The van der Waals surface area contributed by atoms with Crippen LogP contribution in [-0.2, 0) is 9.53 Å². The number of carbonyl (C=O) groups is 1. The predicted molar refractivity (Wildman–Crippen MR) is 104 cm³/mol. The fraction of sp³-hybridized carbons (Fsp3) is 0.826. The standard InChI is InChI=1S/C23H33NO3/c1-13(25)23-20(27-14(2)24-23)12-19-17-6-5-15-11-16(26)7-9-21(15,3)18(17)8-10-22(19,23)4/h5,16-20,26H,6-12H2,1-4H3. The molecule has 0 saturated heterocycles. The van der Waals surface area contributed by atoms with Crippen molar-refractivity contribution >= 4 is 11.7 Å². The Hall–Kier alpha value is -1.16. The number of allylic oxidation sites excluding steroid dienone is 1. The molecule has 27 heavy (non-hydrogen) atoms. The highest BCUT2D eigenvalue weighted by molar-refractivity contribution is 5.94. The van der Waals surface area contributed by atoms with Crippen molar-refractivity contribution in [3.8, 4) is 0 Å². The molecule has 5 aliphatic rings. The van der Waals surface area contributed by atoms with Crippen molar-refractivity contribution in [1.82, 2.24) is 0 Å². The summed E-state index contributed by atoms with van der Waals surface area (Å²) in [7, 11) is 0. The summed E-state index contributed by atoms with van der Waals surface area (Å²) in [5, 5.41) is 10.2. The molecule has 4 heteroatoms. The lowest BCUT2D eigenvalue weighted by molar-refractivity contribution is -0.131. The van der Waals surface area contributed by atoms with Gasteiger partial charge in [0.15, 0.2) is 17.2 Å². The van der Waals surface area contributed by atoms with Gasteiger partial charge in [0.05, 0.1) is 6.10 Å². The Balaban J connectivity index is 1.55. The second-order valence-electron chi connectivity index (χ2n) is 10.4. The summed E-state index contributed by atoms with van der Waals surface area (Å²) in [5.41, 5.74) is 0.958. The highest BCUT2D eigenvalue weighted by Gasteiger charge is 2.72. The lowest BCUT2D eigenvalue weighted by Gasteiger charge is -2.58. The number of nitrogens with zero attached hydrogens (tertiary/aromatic N) is 1. The molecular formula is C23H33NO3. The van der Waals surface area contributed by atoms with Crippen LogP contribution < -0.4 is 0 Å². The van der Waals surface area contributed by atoms with Crippen LogP contribution in [0.1, 0.15) is 72.6 Å². The monoisotopic (exact) mass is 371 g/mol. The Labute approximate surface area is 162 Å². The van der Waals surface area contributed by atoms with Crippen LogP contribution in [0.3, 0.4) is 0 Å². The minimum atomic E-state index is -0.666. The van der Waals surface area contributed by atoms with E-state index in [1.165, 1.54) is 5.57 Å². The van der Waals surface area contributed by atoms with Gasteiger partial charge in [-0.15, -0.1) is 0 Å². The summed E-state index contributed by atoms with van der Waals surface area (Å²) in [5.74, 6) is 2.64. The molecule has 0 amide bonds. The number of fused-ring (bicyclic) bond motifs is 7. The molecule has 1 aliphatic heterocycles. The predicted octanol–water partition coefficient (Wildman–Crippen LogP) is 4.07. The quantitative estimate of drug-likeness (QED) is 0.707. The molecule has 0 aromatic rings. The van der Waals surface area contributed by atoms with Crippen molar-refractivity contribution in [2.45, 2.75) is 90.4 Å². The number of aliphatic hydroxyl groups excluding tert-OH is 1. The van der Waals surface area contributed by atoms with Gasteiger partial charge in [0, 0.05) is 12.3 Å². The number of rotatable bonds is 1. The largest absolute Gasteiger partial charge is 0.475 e. The first kappa shape index (κ1) is 17.9. The summed E-state index contributed by atoms with van der Waals surface area (Å²) in [4.78, 5) is 17.8. The van der Waals surface area contributed by atoms with Crippen LogP contribution in [0.5, 0.6) is 0 Å². The molecule has 5 rings (SSSR count). The molecule has 1 N–H and O–H groups in total. The highest BCUT2D eigenvalue weighted by Crippen LogP contribution is 2.69. The van der Waals surface area contributed by atoms with Crippen molar-refractivity contribution in [2.24, 2.45) is 33.6 Å². The topological polar surface area (TPSA) is 58.9 Å². The van der Waals surface area contributed by atoms with Crippen molar-refractivity contribution in [2.75, 3.05) is 0 Å². The zero-order valence-electron chi connectivity index (χ0n) is 17.1. The Morgan fingerprint density at radius 3 is 2.78 bits per heavy atom. The number of aliphatic imine (C=N–C) groups is 1. The van der Waals surface area contributed by atoms with Gasteiger partial charge in [0.25, 0.3) is 0 Å². The molecule has 3 saturated carbocycles.